The molecule has 0 saturated heterocycles. The summed E-state index contributed by atoms with van der Waals surface area (Å²) in [5.41, 5.74) is 0. The van der Waals surface area contributed by atoms with Crippen molar-refractivity contribution in [3.05, 3.63) is 0 Å². The summed E-state index contributed by atoms with van der Waals surface area (Å²) in [7, 11) is -23.3. The van der Waals surface area contributed by atoms with Crippen LogP contribution >= 0.6 is 0 Å². The van der Waals surface area contributed by atoms with Gasteiger partial charge in [0, 0.05) is 0 Å². The fraction of sp³-hybridized carbons (Fsp3) is 0. The van der Waals surface area contributed by atoms with Crippen LogP contribution < -0.4 is 0 Å². The van der Waals surface area contributed by atoms with E-state index in [4.69, 9.17) is 87.6 Å². The highest BCUT2D eigenvalue weighted by molar-refractivity contribution is 7.80. The van der Waals surface area contributed by atoms with Gasteiger partial charge in [0.05, 0.1) is 0 Å². The molecule has 26 heteroatoms. The Labute approximate surface area is 156 Å². The van der Waals surface area contributed by atoms with Crippen LogP contribution in [0.15, 0.2) is 0 Å². The minimum absolute atomic E-state index is 0. The molecule has 0 saturated carbocycles. The molecule has 0 unspecified atom stereocenters. The third-order valence-electron chi connectivity index (χ3n) is 0. The normalized spacial score (nSPS) is 11.2. The van der Waals surface area contributed by atoms with Gasteiger partial charge in [-0.3, -0.25) is 45.5 Å². The average Bonchev–Trinajstić information content (AvgIpc) is 1.79. The lowest BCUT2D eigenvalue weighted by molar-refractivity contribution is 0.378. The van der Waals surface area contributed by atoms with E-state index in [1.807, 2.05) is 0 Å². The molecule has 0 rings (SSSR count). The van der Waals surface area contributed by atoms with Crippen LogP contribution in [0, 0.1) is 0 Å². The van der Waals surface area contributed by atoms with Gasteiger partial charge in [-0.05, 0) is 0 Å². The van der Waals surface area contributed by atoms with Gasteiger partial charge in [0.1, 0.15) is 0 Å². The molecule has 0 amide bonds. The van der Waals surface area contributed by atoms with E-state index in [2.05, 4.69) is 0 Å². The van der Waals surface area contributed by atoms with E-state index in [1.165, 1.54) is 0 Å². The van der Waals surface area contributed by atoms with Crippen LogP contribution in [0.25, 0.3) is 0 Å². The van der Waals surface area contributed by atoms with E-state index in [0.29, 0.717) is 0 Å². The summed E-state index contributed by atoms with van der Waals surface area (Å²) in [6.07, 6.45) is 0. The molecule has 0 fully saturated rings. The highest BCUT2D eigenvalue weighted by Gasteiger charge is 1.86. The molecule has 0 aliphatic carbocycles. The van der Waals surface area contributed by atoms with Crippen molar-refractivity contribution in [2.45, 2.75) is 0 Å². The molecule has 0 spiro atoms. The molecule has 0 heterocycles. The van der Waals surface area contributed by atoms with Crippen molar-refractivity contribution in [1.82, 2.24) is 0 Å². The molecule has 166 valence electrons. The first-order valence-corrected chi connectivity index (χ1v) is 10.5. The Morgan fingerprint density at radius 3 is 0.269 bits per heavy atom. The molecule has 0 aliphatic rings. The summed E-state index contributed by atoms with van der Waals surface area (Å²) in [6.45, 7) is 0. The Bertz CT molecular complexity index is 614. The largest absolute Gasteiger partial charge is 0.394 e. The van der Waals surface area contributed by atoms with E-state index in [9.17, 15) is 0 Å². The zero-order valence-electron chi connectivity index (χ0n) is 10.6. The molecule has 26 heavy (non-hydrogen) atoms. The summed E-state index contributed by atoms with van der Waals surface area (Å²) >= 11 is 0. The molecule has 0 atom stereocenters. The SMILES string of the molecule is O=S(=O)(O)O.O=S(=O)(O)O.O=S(=O)(O)O.O=S(=O)(O)O.O=S(=O)(O)O.[AlH3]. The van der Waals surface area contributed by atoms with Gasteiger partial charge >= 0.3 is 52.0 Å². The van der Waals surface area contributed by atoms with Gasteiger partial charge in [-0.15, -0.1) is 0 Å². The standard InChI is InChI=1S/Al.5H2O4S.3H/c;5*1-5(2,3)4;;;/h;5*(H2,1,2,3,4);;;. The van der Waals surface area contributed by atoms with Crippen LogP contribution in [0.3, 0.4) is 0 Å². The van der Waals surface area contributed by atoms with Crippen molar-refractivity contribution in [3.8, 4) is 0 Å². The van der Waals surface area contributed by atoms with Crippen LogP contribution in [0.4, 0.5) is 0 Å². The first-order chi connectivity index (χ1) is 10.0. The van der Waals surface area contributed by atoms with E-state index < -0.39 is 52.0 Å². The maximum Gasteiger partial charge on any atom is 0.394 e. The summed E-state index contributed by atoms with van der Waals surface area (Å²) in [4.78, 5) is 0. The molecule has 0 bridgehead atoms. The maximum atomic E-state index is 8.74. The summed E-state index contributed by atoms with van der Waals surface area (Å²) in [6, 6.07) is 0. The number of hydrogen-bond donors (Lipinski definition) is 10. The molecule has 10 N–H and O–H groups in total. The van der Waals surface area contributed by atoms with E-state index in [-0.39, 0.29) is 17.4 Å². The van der Waals surface area contributed by atoms with Gasteiger partial charge < -0.3 is 0 Å². The van der Waals surface area contributed by atoms with Gasteiger partial charge in [-0.2, -0.15) is 42.1 Å². The Morgan fingerprint density at radius 1 is 0.269 bits per heavy atom. The Morgan fingerprint density at radius 2 is 0.269 bits per heavy atom. The Hall–Kier alpha value is -0.118. The van der Waals surface area contributed by atoms with Crippen molar-refractivity contribution >= 4 is 69.4 Å². The maximum absolute atomic E-state index is 8.74. The van der Waals surface area contributed by atoms with Crippen molar-refractivity contribution < 1.29 is 87.6 Å². The van der Waals surface area contributed by atoms with Crippen molar-refractivity contribution in [2.24, 2.45) is 0 Å². The zero-order valence-corrected chi connectivity index (χ0v) is 14.7. The first kappa shape index (κ1) is 40.5. The fourth-order valence-corrected chi connectivity index (χ4v) is 0. The lowest BCUT2D eigenvalue weighted by atomic mass is 15.8. The second-order valence-electron chi connectivity index (χ2n) is 2.24. The van der Waals surface area contributed by atoms with Crippen LogP contribution in [-0.4, -0.2) is 105 Å². The highest BCUT2D eigenvalue weighted by atomic mass is 32.3. The average molecular weight is 520 g/mol. The van der Waals surface area contributed by atoms with Crippen LogP contribution in [-0.2, 0) is 52.0 Å². The van der Waals surface area contributed by atoms with Crippen molar-refractivity contribution in [1.29, 1.82) is 0 Å². The summed E-state index contributed by atoms with van der Waals surface area (Å²) in [5, 5.41) is 0. The van der Waals surface area contributed by atoms with Gasteiger partial charge in [-0.1, -0.05) is 0 Å². The zero-order chi connectivity index (χ0) is 22.5. The van der Waals surface area contributed by atoms with Gasteiger partial charge in [0.2, 0.25) is 0 Å². The molecule has 0 radical (unpaired) electrons. The monoisotopic (exact) mass is 520 g/mol. The summed E-state index contributed by atoms with van der Waals surface area (Å²) < 4.78 is 158. The molecule has 0 aliphatic heterocycles. The molecule has 0 aromatic carbocycles. The van der Waals surface area contributed by atoms with Gasteiger partial charge in [0.25, 0.3) is 0 Å². The van der Waals surface area contributed by atoms with Crippen molar-refractivity contribution in [2.75, 3.05) is 0 Å². The quantitative estimate of drug-likeness (QED) is 0.106. The van der Waals surface area contributed by atoms with E-state index >= 15 is 0 Å². The minimum Gasteiger partial charge on any atom is -0.264 e. The molecular formula is H13AlO20S5. The molecule has 0 aromatic rings. The lowest BCUT2D eigenvalue weighted by Crippen LogP contribution is -1.89. The second kappa shape index (κ2) is 15.9. The topological polar surface area (TPSA) is 373 Å². The van der Waals surface area contributed by atoms with Crippen molar-refractivity contribution in [3.63, 3.8) is 0 Å². The second-order valence-corrected chi connectivity index (χ2v) is 6.72. The van der Waals surface area contributed by atoms with E-state index in [0.717, 1.165) is 0 Å². The minimum atomic E-state index is -4.67. The third-order valence-corrected chi connectivity index (χ3v) is 0. The van der Waals surface area contributed by atoms with Crippen LogP contribution in [0.1, 0.15) is 0 Å². The molecular weight excluding hydrogens is 507 g/mol. The number of hydrogen-bond acceptors (Lipinski definition) is 10. The van der Waals surface area contributed by atoms with Gasteiger partial charge in [0.15, 0.2) is 17.4 Å². The van der Waals surface area contributed by atoms with E-state index in [1.54, 1.807) is 0 Å². The molecule has 0 aromatic heterocycles. The summed E-state index contributed by atoms with van der Waals surface area (Å²) in [5.74, 6) is 0. The lowest BCUT2D eigenvalue weighted by Gasteiger charge is -1.68. The van der Waals surface area contributed by atoms with Crippen LogP contribution in [0.5, 0.6) is 0 Å². The first-order valence-electron chi connectivity index (χ1n) is 3.49. The highest BCUT2D eigenvalue weighted by Crippen LogP contribution is 1.60. The van der Waals surface area contributed by atoms with Gasteiger partial charge in [-0.25, -0.2) is 0 Å². The molecule has 20 nitrogen and oxygen atoms in total. The predicted molar refractivity (Wildman–Crippen MR) is 80.8 cm³/mol. The van der Waals surface area contributed by atoms with Crippen LogP contribution in [0.2, 0.25) is 0 Å². The Balaban J connectivity index is -0.0000000476. The number of rotatable bonds is 0. The third kappa shape index (κ3) is 905000. The smallest absolute Gasteiger partial charge is 0.264 e. The fourth-order valence-electron chi connectivity index (χ4n) is 0. The Kier molecular flexibility index (Phi) is 24.8. The predicted octanol–water partition coefficient (Wildman–Crippen LogP) is -4.45.